The lowest BCUT2D eigenvalue weighted by molar-refractivity contribution is -0.121. The maximum Gasteiger partial charge on any atom is 0.293 e. The van der Waals surface area contributed by atoms with Crippen LogP contribution in [-0.2, 0) is 31.4 Å². The fourth-order valence-corrected chi connectivity index (χ4v) is 3.44. The summed E-state index contributed by atoms with van der Waals surface area (Å²) in [5.74, 6) is -0.0214. The summed E-state index contributed by atoms with van der Waals surface area (Å²) in [7, 11) is 1.88. The van der Waals surface area contributed by atoms with Gasteiger partial charge in [-0.2, -0.15) is 5.10 Å². The molecule has 3 heterocycles. The molecule has 9 heteroatoms. The molecular formula is C23H25N7O2. The van der Waals surface area contributed by atoms with E-state index in [2.05, 4.69) is 25.7 Å². The standard InChI is InChI=1S/C23H25N7O2/c1-16-12-27-22(25-10-8-19-5-3-4-9-24-19)23(32)30(16)15-21(31)26-13-17-6-7-18-14-28-29(2)20(18)11-17/h3-7,9,11-12,14H,8,10,13,15H2,1-2H3,(H,25,27)(H,26,31). The van der Waals surface area contributed by atoms with Gasteiger partial charge in [-0.05, 0) is 30.7 Å². The van der Waals surface area contributed by atoms with E-state index in [0.29, 0.717) is 25.2 Å². The maximum atomic E-state index is 12.8. The van der Waals surface area contributed by atoms with Gasteiger partial charge in [0.25, 0.3) is 5.56 Å². The van der Waals surface area contributed by atoms with E-state index in [0.717, 1.165) is 22.2 Å². The van der Waals surface area contributed by atoms with E-state index in [9.17, 15) is 9.59 Å². The minimum atomic E-state index is -0.322. The topological polar surface area (TPSA) is 107 Å². The summed E-state index contributed by atoms with van der Waals surface area (Å²) in [6, 6.07) is 11.6. The monoisotopic (exact) mass is 431 g/mol. The molecule has 0 fully saturated rings. The number of nitrogens with one attached hydrogen (secondary N) is 2. The van der Waals surface area contributed by atoms with E-state index in [1.54, 1.807) is 30.2 Å². The largest absolute Gasteiger partial charge is 0.365 e. The Kier molecular flexibility index (Phi) is 6.25. The van der Waals surface area contributed by atoms with Crippen LogP contribution in [0.25, 0.3) is 10.9 Å². The van der Waals surface area contributed by atoms with Gasteiger partial charge >= 0.3 is 0 Å². The molecule has 0 saturated heterocycles. The van der Waals surface area contributed by atoms with Crippen molar-refractivity contribution in [2.24, 2.45) is 7.05 Å². The van der Waals surface area contributed by atoms with E-state index in [-0.39, 0.29) is 23.8 Å². The highest BCUT2D eigenvalue weighted by atomic mass is 16.2. The summed E-state index contributed by atoms with van der Waals surface area (Å²) in [6.07, 6.45) is 5.80. The van der Waals surface area contributed by atoms with Crippen LogP contribution in [0.5, 0.6) is 0 Å². The van der Waals surface area contributed by atoms with Crippen molar-refractivity contribution < 1.29 is 4.79 Å². The second-order valence-corrected chi connectivity index (χ2v) is 7.58. The van der Waals surface area contributed by atoms with Crippen LogP contribution < -0.4 is 16.2 Å². The van der Waals surface area contributed by atoms with E-state index in [4.69, 9.17) is 0 Å². The van der Waals surface area contributed by atoms with Gasteiger partial charge in [0.2, 0.25) is 5.91 Å². The third-order valence-electron chi connectivity index (χ3n) is 5.26. The molecule has 0 atom stereocenters. The Balaban J connectivity index is 1.37. The summed E-state index contributed by atoms with van der Waals surface area (Å²) in [5.41, 5.74) is 3.19. The summed E-state index contributed by atoms with van der Waals surface area (Å²) in [5, 5.41) is 11.2. The van der Waals surface area contributed by atoms with Crippen molar-refractivity contribution in [3.63, 3.8) is 0 Å². The molecule has 4 aromatic rings. The molecule has 9 nitrogen and oxygen atoms in total. The molecule has 0 bridgehead atoms. The molecule has 1 aromatic carbocycles. The van der Waals surface area contributed by atoms with Crippen LogP contribution in [0.15, 0.2) is 59.8 Å². The van der Waals surface area contributed by atoms with Gasteiger partial charge in [0.1, 0.15) is 6.54 Å². The van der Waals surface area contributed by atoms with E-state index < -0.39 is 0 Å². The third kappa shape index (κ3) is 4.83. The highest BCUT2D eigenvalue weighted by Gasteiger charge is 2.12. The number of hydrogen-bond acceptors (Lipinski definition) is 6. The van der Waals surface area contributed by atoms with Crippen LogP contribution in [0, 0.1) is 6.92 Å². The summed E-state index contributed by atoms with van der Waals surface area (Å²) in [6.45, 7) is 2.57. The molecule has 0 spiro atoms. The van der Waals surface area contributed by atoms with Crippen LogP contribution >= 0.6 is 0 Å². The molecule has 4 rings (SSSR count). The normalized spacial score (nSPS) is 10.9. The molecule has 164 valence electrons. The van der Waals surface area contributed by atoms with Crippen LogP contribution in [0.2, 0.25) is 0 Å². The third-order valence-corrected chi connectivity index (χ3v) is 5.26. The van der Waals surface area contributed by atoms with Gasteiger partial charge in [-0.25, -0.2) is 4.98 Å². The summed E-state index contributed by atoms with van der Waals surface area (Å²) < 4.78 is 3.22. The Morgan fingerprint density at radius 1 is 1.12 bits per heavy atom. The van der Waals surface area contributed by atoms with Crippen LogP contribution in [0.3, 0.4) is 0 Å². The van der Waals surface area contributed by atoms with Gasteiger partial charge < -0.3 is 10.6 Å². The molecule has 3 aromatic heterocycles. The Morgan fingerprint density at radius 3 is 2.81 bits per heavy atom. The molecule has 1 amide bonds. The maximum absolute atomic E-state index is 12.8. The van der Waals surface area contributed by atoms with Gasteiger partial charge in [0.05, 0.1) is 11.7 Å². The number of pyridine rings is 1. The van der Waals surface area contributed by atoms with Gasteiger partial charge in [-0.3, -0.25) is 23.8 Å². The molecule has 0 aliphatic heterocycles. The van der Waals surface area contributed by atoms with Gasteiger partial charge in [0, 0.05) is 55.7 Å². The number of fused-ring (bicyclic) bond motifs is 1. The number of benzene rings is 1. The highest BCUT2D eigenvalue weighted by molar-refractivity contribution is 5.79. The average Bonchev–Trinajstić information content (AvgIpc) is 3.17. The Bertz CT molecular complexity index is 1290. The number of aromatic nitrogens is 5. The molecular weight excluding hydrogens is 406 g/mol. The highest BCUT2D eigenvalue weighted by Crippen LogP contribution is 2.14. The van der Waals surface area contributed by atoms with Crippen molar-refractivity contribution in [3.05, 3.63) is 82.3 Å². The smallest absolute Gasteiger partial charge is 0.293 e. The van der Waals surface area contributed by atoms with Crippen molar-refractivity contribution >= 4 is 22.6 Å². The number of carbonyl (C=O) groups is 1. The fraction of sp³-hybridized carbons (Fsp3) is 0.261. The van der Waals surface area contributed by atoms with Crippen LogP contribution in [-0.4, -0.2) is 36.8 Å². The van der Waals surface area contributed by atoms with Gasteiger partial charge in [-0.15, -0.1) is 0 Å². The molecule has 32 heavy (non-hydrogen) atoms. The lowest BCUT2D eigenvalue weighted by Gasteiger charge is -2.12. The van der Waals surface area contributed by atoms with Crippen LogP contribution in [0.4, 0.5) is 5.82 Å². The van der Waals surface area contributed by atoms with Crippen molar-refractivity contribution in [2.75, 3.05) is 11.9 Å². The van der Waals surface area contributed by atoms with E-state index in [1.807, 2.05) is 43.4 Å². The van der Waals surface area contributed by atoms with Crippen molar-refractivity contribution in [1.82, 2.24) is 29.6 Å². The second kappa shape index (κ2) is 9.42. The number of aryl methyl sites for hydroxylation is 2. The summed E-state index contributed by atoms with van der Waals surface area (Å²) >= 11 is 0. The summed E-state index contributed by atoms with van der Waals surface area (Å²) in [4.78, 5) is 33.8. The average molecular weight is 432 g/mol. The minimum absolute atomic E-state index is 0.0734. The molecule has 0 saturated carbocycles. The lowest BCUT2D eigenvalue weighted by Crippen LogP contribution is -2.34. The number of amides is 1. The van der Waals surface area contributed by atoms with Crippen molar-refractivity contribution in [1.29, 1.82) is 0 Å². The Hall–Kier alpha value is -4.01. The Labute approximate surface area is 185 Å². The second-order valence-electron chi connectivity index (χ2n) is 7.58. The number of hydrogen-bond donors (Lipinski definition) is 2. The SMILES string of the molecule is Cc1cnc(NCCc2ccccn2)c(=O)n1CC(=O)NCc1ccc2cnn(C)c2c1. The first kappa shape index (κ1) is 21.2. The first-order valence-corrected chi connectivity index (χ1v) is 10.4. The van der Waals surface area contributed by atoms with E-state index in [1.165, 1.54) is 4.57 Å². The van der Waals surface area contributed by atoms with Gasteiger partial charge in [0.15, 0.2) is 5.82 Å². The quantitative estimate of drug-likeness (QED) is 0.441. The number of rotatable bonds is 8. The number of nitrogens with zero attached hydrogens (tertiary/aromatic N) is 5. The first-order chi connectivity index (χ1) is 15.5. The number of carbonyl (C=O) groups excluding carboxylic acids is 1. The predicted octanol–water partition coefficient (Wildman–Crippen LogP) is 1.80. The number of anilines is 1. The molecule has 0 aliphatic carbocycles. The van der Waals surface area contributed by atoms with Gasteiger partial charge in [-0.1, -0.05) is 18.2 Å². The van der Waals surface area contributed by atoms with E-state index >= 15 is 0 Å². The predicted molar refractivity (Wildman–Crippen MR) is 122 cm³/mol. The first-order valence-electron chi connectivity index (χ1n) is 10.4. The van der Waals surface area contributed by atoms with Crippen molar-refractivity contribution in [3.8, 4) is 0 Å². The zero-order valence-electron chi connectivity index (χ0n) is 18.1. The minimum Gasteiger partial charge on any atom is -0.365 e. The molecule has 0 aliphatic rings. The zero-order valence-corrected chi connectivity index (χ0v) is 18.1. The molecule has 0 unspecified atom stereocenters. The zero-order chi connectivity index (χ0) is 22.5. The Morgan fingerprint density at radius 2 is 2.00 bits per heavy atom. The molecule has 2 N–H and O–H groups in total. The molecule has 0 radical (unpaired) electrons. The van der Waals surface area contributed by atoms with Crippen LogP contribution in [0.1, 0.15) is 17.0 Å². The lowest BCUT2D eigenvalue weighted by atomic mass is 10.1. The van der Waals surface area contributed by atoms with Crippen molar-refractivity contribution in [2.45, 2.75) is 26.4 Å². The fourth-order valence-electron chi connectivity index (χ4n) is 3.44.